The molecule has 0 radical (unpaired) electrons. The Bertz CT molecular complexity index is 167. The van der Waals surface area contributed by atoms with Crippen molar-refractivity contribution in [3.63, 3.8) is 0 Å². The summed E-state index contributed by atoms with van der Waals surface area (Å²) in [5.74, 6) is 0. The Labute approximate surface area is 67.5 Å². The van der Waals surface area contributed by atoms with Crippen molar-refractivity contribution in [3.05, 3.63) is 0 Å². The fraction of sp³-hybridized carbons (Fsp3) is 1.00. The molecule has 11 heavy (non-hydrogen) atoms. The molecular formula is C8H15N3. The van der Waals surface area contributed by atoms with Gasteiger partial charge >= 0.3 is 0 Å². The van der Waals surface area contributed by atoms with Crippen LogP contribution in [0.5, 0.6) is 0 Å². The Morgan fingerprint density at radius 2 is 2.00 bits per heavy atom. The molecule has 3 nitrogen and oxygen atoms in total. The summed E-state index contributed by atoms with van der Waals surface area (Å²) in [4.78, 5) is 0. The lowest BCUT2D eigenvalue weighted by atomic mass is 10.1. The lowest BCUT2D eigenvalue weighted by molar-refractivity contribution is 0.257. The first-order chi connectivity index (χ1) is 5.38. The van der Waals surface area contributed by atoms with Crippen LogP contribution in [0.15, 0.2) is 10.3 Å². The van der Waals surface area contributed by atoms with Crippen LogP contribution in [0.4, 0.5) is 0 Å². The zero-order chi connectivity index (χ0) is 7.68. The standard InChI is InChI=1S/C8H15N3/c1-11-8-6-4-2-3-5-7(8)9-10-11/h7-8H,2-6H2,1H3/t7?,8-/m1/s1. The maximum atomic E-state index is 4.25. The van der Waals surface area contributed by atoms with Gasteiger partial charge in [-0.1, -0.05) is 24.5 Å². The summed E-state index contributed by atoms with van der Waals surface area (Å²) >= 11 is 0. The minimum Gasteiger partial charge on any atom is -0.277 e. The van der Waals surface area contributed by atoms with Crippen LogP contribution in [0.2, 0.25) is 0 Å². The fourth-order valence-corrected chi connectivity index (χ4v) is 2.05. The number of hydrogen-bond acceptors (Lipinski definition) is 3. The van der Waals surface area contributed by atoms with E-state index in [2.05, 4.69) is 10.3 Å². The average molecular weight is 153 g/mol. The van der Waals surface area contributed by atoms with Crippen LogP contribution in [0.3, 0.4) is 0 Å². The maximum absolute atomic E-state index is 4.25. The largest absolute Gasteiger partial charge is 0.277 e. The molecule has 62 valence electrons. The molecule has 1 unspecified atom stereocenters. The van der Waals surface area contributed by atoms with E-state index in [1.54, 1.807) is 0 Å². The molecule has 1 aliphatic carbocycles. The second-order valence-corrected chi connectivity index (χ2v) is 3.55. The predicted molar refractivity (Wildman–Crippen MR) is 43.3 cm³/mol. The topological polar surface area (TPSA) is 28.0 Å². The van der Waals surface area contributed by atoms with Gasteiger partial charge < -0.3 is 0 Å². The van der Waals surface area contributed by atoms with E-state index in [1.807, 2.05) is 12.1 Å². The monoisotopic (exact) mass is 153 g/mol. The van der Waals surface area contributed by atoms with Crippen molar-refractivity contribution in [1.29, 1.82) is 0 Å². The SMILES string of the molecule is CN1N=NC2CCCCC[C@H]21. The number of hydrogen-bond donors (Lipinski definition) is 0. The minimum absolute atomic E-state index is 0.516. The molecule has 0 aromatic heterocycles. The number of nitrogens with zero attached hydrogens (tertiary/aromatic N) is 3. The van der Waals surface area contributed by atoms with Crippen LogP contribution in [-0.4, -0.2) is 24.1 Å². The molecule has 0 N–H and O–H groups in total. The van der Waals surface area contributed by atoms with E-state index in [0.29, 0.717) is 12.1 Å². The number of rotatable bonds is 0. The molecule has 0 saturated heterocycles. The van der Waals surface area contributed by atoms with E-state index in [1.165, 1.54) is 32.1 Å². The third-order valence-corrected chi connectivity index (χ3v) is 2.76. The van der Waals surface area contributed by atoms with E-state index in [0.717, 1.165) is 0 Å². The Morgan fingerprint density at radius 1 is 1.18 bits per heavy atom. The molecule has 1 saturated carbocycles. The maximum Gasteiger partial charge on any atom is 0.0949 e. The molecule has 2 aliphatic rings. The van der Waals surface area contributed by atoms with Crippen molar-refractivity contribution < 1.29 is 0 Å². The van der Waals surface area contributed by atoms with Gasteiger partial charge in [0.15, 0.2) is 0 Å². The first-order valence-electron chi connectivity index (χ1n) is 4.51. The lowest BCUT2D eigenvalue weighted by Gasteiger charge is -2.19. The second-order valence-electron chi connectivity index (χ2n) is 3.55. The number of fused-ring (bicyclic) bond motifs is 1. The van der Waals surface area contributed by atoms with Gasteiger partial charge in [-0.3, -0.25) is 5.01 Å². The van der Waals surface area contributed by atoms with Crippen molar-refractivity contribution in [2.75, 3.05) is 7.05 Å². The molecule has 0 spiro atoms. The van der Waals surface area contributed by atoms with Gasteiger partial charge in [0.05, 0.1) is 12.1 Å². The van der Waals surface area contributed by atoms with Gasteiger partial charge in [-0.05, 0) is 12.8 Å². The van der Waals surface area contributed by atoms with Gasteiger partial charge in [-0.15, -0.1) is 0 Å². The Hall–Kier alpha value is -0.600. The zero-order valence-electron chi connectivity index (χ0n) is 7.03. The van der Waals surface area contributed by atoms with E-state index in [-0.39, 0.29) is 0 Å². The molecule has 0 aromatic rings. The van der Waals surface area contributed by atoms with Crippen molar-refractivity contribution in [2.24, 2.45) is 10.3 Å². The Morgan fingerprint density at radius 3 is 2.91 bits per heavy atom. The van der Waals surface area contributed by atoms with Crippen molar-refractivity contribution in [1.82, 2.24) is 5.01 Å². The van der Waals surface area contributed by atoms with Crippen LogP contribution < -0.4 is 0 Å². The normalized spacial score (nSPS) is 37.0. The van der Waals surface area contributed by atoms with Crippen molar-refractivity contribution in [2.45, 2.75) is 44.2 Å². The average Bonchev–Trinajstić information content (AvgIpc) is 2.25. The third kappa shape index (κ3) is 1.24. The summed E-state index contributed by atoms with van der Waals surface area (Å²) in [6, 6.07) is 1.14. The molecular weight excluding hydrogens is 138 g/mol. The predicted octanol–water partition coefficient (Wildman–Crippen LogP) is 2.00. The molecule has 2 rings (SSSR count). The zero-order valence-corrected chi connectivity index (χ0v) is 7.03. The summed E-state index contributed by atoms with van der Waals surface area (Å²) in [6.45, 7) is 0. The van der Waals surface area contributed by atoms with Crippen LogP contribution in [0.25, 0.3) is 0 Å². The van der Waals surface area contributed by atoms with Crippen LogP contribution >= 0.6 is 0 Å². The van der Waals surface area contributed by atoms with Gasteiger partial charge in [0.1, 0.15) is 0 Å². The molecule has 1 aliphatic heterocycles. The van der Waals surface area contributed by atoms with E-state index in [4.69, 9.17) is 0 Å². The molecule has 0 bridgehead atoms. The highest BCUT2D eigenvalue weighted by molar-refractivity contribution is 4.86. The van der Waals surface area contributed by atoms with E-state index in [9.17, 15) is 0 Å². The summed E-state index contributed by atoms with van der Waals surface area (Å²) in [6.07, 6.45) is 6.62. The Balaban J connectivity index is 2.05. The molecule has 0 aromatic carbocycles. The van der Waals surface area contributed by atoms with Gasteiger partial charge in [0.2, 0.25) is 0 Å². The third-order valence-electron chi connectivity index (χ3n) is 2.76. The fourth-order valence-electron chi connectivity index (χ4n) is 2.05. The molecule has 3 heteroatoms. The van der Waals surface area contributed by atoms with Crippen LogP contribution in [0.1, 0.15) is 32.1 Å². The summed E-state index contributed by atoms with van der Waals surface area (Å²) < 4.78 is 0. The first kappa shape index (κ1) is 7.07. The van der Waals surface area contributed by atoms with Gasteiger partial charge in [0.25, 0.3) is 0 Å². The number of likely N-dealkylation sites (N-methyl/N-ethyl adjacent to an activating group) is 1. The summed E-state index contributed by atoms with van der Waals surface area (Å²) in [5.41, 5.74) is 0. The molecule has 2 atom stereocenters. The highest BCUT2D eigenvalue weighted by Crippen LogP contribution is 2.28. The van der Waals surface area contributed by atoms with Crippen molar-refractivity contribution >= 4 is 0 Å². The van der Waals surface area contributed by atoms with E-state index >= 15 is 0 Å². The van der Waals surface area contributed by atoms with Gasteiger partial charge in [-0.25, -0.2) is 0 Å². The highest BCUT2D eigenvalue weighted by Gasteiger charge is 2.30. The minimum atomic E-state index is 0.516. The quantitative estimate of drug-likeness (QED) is 0.523. The first-order valence-corrected chi connectivity index (χ1v) is 4.51. The lowest BCUT2D eigenvalue weighted by Crippen LogP contribution is -2.30. The second kappa shape index (κ2) is 2.80. The summed E-state index contributed by atoms with van der Waals surface area (Å²) in [7, 11) is 2.04. The van der Waals surface area contributed by atoms with Gasteiger partial charge in [-0.2, -0.15) is 5.11 Å². The van der Waals surface area contributed by atoms with Crippen molar-refractivity contribution in [3.8, 4) is 0 Å². The molecule has 1 heterocycles. The Kier molecular flexibility index (Phi) is 1.80. The molecule has 1 fully saturated rings. The summed E-state index contributed by atoms with van der Waals surface area (Å²) in [5, 5.41) is 10.4. The van der Waals surface area contributed by atoms with E-state index < -0.39 is 0 Å². The highest BCUT2D eigenvalue weighted by atomic mass is 15.6. The van der Waals surface area contributed by atoms with Gasteiger partial charge in [0, 0.05) is 7.05 Å². The van der Waals surface area contributed by atoms with Crippen LogP contribution in [0, 0.1) is 0 Å². The molecule has 0 amide bonds. The van der Waals surface area contributed by atoms with Crippen LogP contribution in [-0.2, 0) is 0 Å². The smallest absolute Gasteiger partial charge is 0.0949 e.